The van der Waals surface area contributed by atoms with Gasteiger partial charge in [-0.25, -0.2) is 0 Å². The smallest absolute Gasteiger partial charge is 0.0583 e. The summed E-state index contributed by atoms with van der Waals surface area (Å²) in [6.45, 7) is 16.3. The van der Waals surface area contributed by atoms with Gasteiger partial charge in [0.2, 0.25) is 0 Å². The summed E-state index contributed by atoms with van der Waals surface area (Å²) in [4.78, 5) is 0. The molecule has 29 heavy (non-hydrogen) atoms. The first-order chi connectivity index (χ1) is 13.7. The lowest BCUT2D eigenvalue weighted by Crippen LogP contribution is -2.35. The van der Waals surface area contributed by atoms with E-state index in [9.17, 15) is 5.11 Å². The van der Waals surface area contributed by atoms with Crippen LogP contribution in [0, 0.1) is 35.0 Å². The van der Waals surface area contributed by atoms with Crippen molar-refractivity contribution in [1.29, 1.82) is 0 Å². The zero-order valence-electron chi connectivity index (χ0n) is 19.6. The van der Waals surface area contributed by atoms with E-state index in [1.807, 2.05) is 0 Å². The average molecular weight is 397 g/mol. The third-order valence-corrected chi connectivity index (χ3v) is 8.63. The predicted molar refractivity (Wildman–Crippen MR) is 126 cm³/mol. The second-order valence-corrected chi connectivity index (χ2v) is 10.9. The number of aliphatic hydroxyl groups excluding tert-OH is 1. The molecule has 0 aliphatic heterocycles. The van der Waals surface area contributed by atoms with Crippen LogP contribution in [0.5, 0.6) is 0 Å². The number of hydrogen-bond acceptors (Lipinski definition) is 1. The molecule has 3 rings (SSSR count). The van der Waals surface area contributed by atoms with E-state index in [0.29, 0.717) is 17.3 Å². The Morgan fingerprint density at radius 1 is 1.03 bits per heavy atom. The summed E-state index contributed by atoms with van der Waals surface area (Å²) in [6, 6.07) is 0. The molecule has 1 nitrogen and oxygen atoms in total. The van der Waals surface area contributed by atoms with Gasteiger partial charge in [-0.05, 0) is 91.9 Å². The Bertz CT molecular complexity index is 678. The molecule has 1 N–H and O–H groups in total. The lowest BCUT2D eigenvalue weighted by molar-refractivity contribution is 0.112. The van der Waals surface area contributed by atoms with Crippen LogP contribution in [-0.4, -0.2) is 11.2 Å². The fourth-order valence-corrected chi connectivity index (χ4v) is 6.25. The van der Waals surface area contributed by atoms with Gasteiger partial charge >= 0.3 is 0 Å². The maximum atomic E-state index is 10.0. The Labute approximate surface area is 180 Å². The summed E-state index contributed by atoms with van der Waals surface area (Å²) in [6.07, 6.45) is 18.8. The standard InChI is InChI=1S/C28H44O/c1-19(2)20(3)9-10-22(5)26-15-16-27-23(8-7-17-28(26,27)6)12-13-24-18-25(29)14-11-21(24)4/h9-10,12-13,19-20,22,25-27,29H,4,7-8,11,14-18H2,1-3,5-6H3/b10-9+,23-12+,24-13+/t20-,22+,25-,26+,27+,28-/m1/s1. The molecular formula is C28H44O. The van der Waals surface area contributed by atoms with Gasteiger partial charge in [0.05, 0.1) is 6.10 Å². The summed E-state index contributed by atoms with van der Waals surface area (Å²) in [5, 5.41) is 10.0. The molecule has 1 heteroatoms. The Balaban J connectivity index is 1.75. The normalized spacial score (nSPS) is 38.2. The highest BCUT2D eigenvalue weighted by atomic mass is 16.3. The molecule has 0 radical (unpaired) electrons. The third kappa shape index (κ3) is 4.98. The van der Waals surface area contributed by atoms with E-state index >= 15 is 0 Å². The van der Waals surface area contributed by atoms with E-state index in [1.54, 1.807) is 5.57 Å². The topological polar surface area (TPSA) is 20.2 Å². The molecule has 3 aliphatic rings. The first-order valence-corrected chi connectivity index (χ1v) is 12.2. The fraction of sp³-hybridized carbons (Fsp3) is 0.714. The maximum absolute atomic E-state index is 10.0. The van der Waals surface area contributed by atoms with E-state index < -0.39 is 0 Å². The summed E-state index contributed by atoms with van der Waals surface area (Å²) in [5.41, 5.74) is 4.61. The maximum Gasteiger partial charge on any atom is 0.0583 e. The van der Waals surface area contributed by atoms with Gasteiger partial charge in [-0.1, -0.05) is 76.6 Å². The van der Waals surface area contributed by atoms with Crippen LogP contribution in [-0.2, 0) is 0 Å². The van der Waals surface area contributed by atoms with E-state index in [4.69, 9.17) is 0 Å². The Morgan fingerprint density at radius 2 is 1.79 bits per heavy atom. The van der Waals surface area contributed by atoms with Crippen LogP contribution in [0.3, 0.4) is 0 Å². The van der Waals surface area contributed by atoms with Crippen molar-refractivity contribution in [2.24, 2.45) is 35.0 Å². The minimum atomic E-state index is -0.182. The lowest BCUT2D eigenvalue weighted by atomic mass is 9.61. The molecule has 6 atom stereocenters. The van der Waals surface area contributed by atoms with E-state index in [1.165, 1.54) is 43.3 Å². The molecule has 162 valence electrons. The highest BCUT2D eigenvalue weighted by Crippen LogP contribution is 2.59. The van der Waals surface area contributed by atoms with Crippen molar-refractivity contribution in [2.75, 3.05) is 0 Å². The first-order valence-electron chi connectivity index (χ1n) is 12.2. The van der Waals surface area contributed by atoms with Crippen LogP contribution in [0.1, 0.15) is 86.0 Å². The van der Waals surface area contributed by atoms with Crippen molar-refractivity contribution in [3.8, 4) is 0 Å². The molecule has 0 heterocycles. The van der Waals surface area contributed by atoms with Gasteiger partial charge in [0.15, 0.2) is 0 Å². The number of fused-ring (bicyclic) bond motifs is 1. The molecule has 3 saturated carbocycles. The largest absolute Gasteiger partial charge is 0.393 e. The number of aliphatic hydroxyl groups is 1. The molecule has 0 aromatic rings. The van der Waals surface area contributed by atoms with Gasteiger partial charge in [-0.3, -0.25) is 0 Å². The van der Waals surface area contributed by atoms with Crippen LogP contribution in [0.2, 0.25) is 0 Å². The van der Waals surface area contributed by atoms with Crippen LogP contribution in [0.4, 0.5) is 0 Å². The molecule has 0 spiro atoms. The monoisotopic (exact) mass is 396 g/mol. The number of hydrogen-bond donors (Lipinski definition) is 1. The van der Waals surface area contributed by atoms with Crippen LogP contribution < -0.4 is 0 Å². The van der Waals surface area contributed by atoms with Gasteiger partial charge in [-0.15, -0.1) is 0 Å². The number of rotatable bonds is 5. The Kier molecular flexibility index (Phi) is 7.31. The van der Waals surface area contributed by atoms with E-state index in [2.05, 4.69) is 65.5 Å². The van der Waals surface area contributed by atoms with E-state index in [-0.39, 0.29) is 6.10 Å². The molecule has 0 saturated heterocycles. The molecular weight excluding hydrogens is 352 g/mol. The van der Waals surface area contributed by atoms with E-state index in [0.717, 1.165) is 37.0 Å². The average Bonchev–Trinajstić information content (AvgIpc) is 3.04. The molecule has 3 aliphatic carbocycles. The Morgan fingerprint density at radius 3 is 2.52 bits per heavy atom. The number of allylic oxidation sites excluding steroid dienone is 6. The first kappa shape index (κ1) is 22.6. The minimum absolute atomic E-state index is 0.182. The quantitative estimate of drug-likeness (QED) is 0.473. The van der Waals surface area contributed by atoms with Crippen LogP contribution in [0.25, 0.3) is 0 Å². The minimum Gasteiger partial charge on any atom is -0.393 e. The van der Waals surface area contributed by atoms with Gasteiger partial charge < -0.3 is 5.11 Å². The molecule has 0 unspecified atom stereocenters. The molecule has 0 amide bonds. The predicted octanol–water partition coefficient (Wildman–Crippen LogP) is 7.64. The molecule has 0 aromatic carbocycles. The summed E-state index contributed by atoms with van der Waals surface area (Å²) >= 11 is 0. The zero-order chi connectivity index (χ0) is 21.2. The van der Waals surface area contributed by atoms with Crippen LogP contribution in [0.15, 0.2) is 47.6 Å². The fourth-order valence-electron chi connectivity index (χ4n) is 6.25. The van der Waals surface area contributed by atoms with Gasteiger partial charge in [0, 0.05) is 0 Å². The van der Waals surface area contributed by atoms with Crippen molar-refractivity contribution < 1.29 is 5.11 Å². The second kappa shape index (κ2) is 9.38. The SMILES string of the molecule is C=C1CC[C@@H](O)C/C1=C\C=C1/CCC[C@@]2(C)[C@H]1CC[C@H]2[C@@H](C)/C=C/[C@@H](C)C(C)C. The highest BCUT2D eigenvalue weighted by Gasteiger charge is 2.50. The highest BCUT2D eigenvalue weighted by molar-refractivity contribution is 5.36. The molecule has 0 aromatic heterocycles. The second-order valence-electron chi connectivity index (χ2n) is 10.9. The summed E-state index contributed by atoms with van der Waals surface area (Å²) < 4.78 is 0. The lowest BCUT2D eigenvalue weighted by Gasteiger charge is -2.44. The van der Waals surface area contributed by atoms with Crippen LogP contribution >= 0.6 is 0 Å². The molecule has 0 bridgehead atoms. The zero-order valence-corrected chi connectivity index (χ0v) is 19.6. The third-order valence-electron chi connectivity index (χ3n) is 8.63. The van der Waals surface area contributed by atoms with Gasteiger partial charge in [0.1, 0.15) is 0 Å². The van der Waals surface area contributed by atoms with Crippen molar-refractivity contribution >= 4 is 0 Å². The Hall–Kier alpha value is -1.08. The van der Waals surface area contributed by atoms with Gasteiger partial charge in [0.25, 0.3) is 0 Å². The van der Waals surface area contributed by atoms with Crippen molar-refractivity contribution in [1.82, 2.24) is 0 Å². The van der Waals surface area contributed by atoms with Crippen molar-refractivity contribution in [3.63, 3.8) is 0 Å². The van der Waals surface area contributed by atoms with Crippen molar-refractivity contribution in [3.05, 3.63) is 47.6 Å². The summed E-state index contributed by atoms with van der Waals surface area (Å²) in [7, 11) is 0. The molecule has 3 fully saturated rings. The van der Waals surface area contributed by atoms with Crippen molar-refractivity contribution in [2.45, 2.75) is 92.1 Å². The van der Waals surface area contributed by atoms with Gasteiger partial charge in [-0.2, -0.15) is 0 Å². The summed E-state index contributed by atoms with van der Waals surface area (Å²) in [5.74, 6) is 3.58.